The third-order valence-electron chi connectivity index (χ3n) is 5.24. The summed E-state index contributed by atoms with van der Waals surface area (Å²) in [4.78, 5) is 25.2. The summed E-state index contributed by atoms with van der Waals surface area (Å²) in [6, 6.07) is 13.4. The van der Waals surface area contributed by atoms with Gasteiger partial charge in [-0.3, -0.25) is 4.79 Å². The first-order valence-electron chi connectivity index (χ1n) is 10.4. The van der Waals surface area contributed by atoms with E-state index in [-0.39, 0.29) is 11.8 Å². The van der Waals surface area contributed by atoms with E-state index in [4.69, 9.17) is 0 Å². The topological polar surface area (TPSA) is 91.8 Å². The third-order valence-corrected chi connectivity index (χ3v) is 5.24. The molecule has 0 spiro atoms. The van der Waals surface area contributed by atoms with Gasteiger partial charge in [0.25, 0.3) is 0 Å². The van der Waals surface area contributed by atoms with E-state index in [2.05, 4.69) is 30.9 Å². The summed E-state index contributed by atoms with van der Waals surface area (Å²) in [5.41, 5.74) is 2.81. The minimum atomic E-state index is 0.131. The summed E-state index contributed by atoms with van der Waals surface area (Å²) in [6.45, 7) is 2.01. The largest absolute Gasteiger partial charge is 0.340 e. The molecule has 1 saturated carbocycles. The van der Waals surface area contributed by atoms with Crippen LogP contribution < -0.4 is 16.0 Å². The fourth-order valence-electron chi connectivity index (χ4n) is 3.62. The molecule has 1 aliphatic carbocycles. The van der Waals surface area contributed by atoms with Crippen molar-refractivity contribution in [1.82, 2.24) is 15.0 Å². The molecule has 0 atom stereocenters. The number of rotatable bonds is 6. The van der Waals surface area contributed by atoms with E-state index in [9.17, 15) is 4.79 Å². The van der Waals surface area contributed by atoms with E-state index in [1.165, 1.54) is 12.7 Å². The second kappa shape index (κ2) is 9.35. The fourth-order valence-corrected chi connectivity index (χ4v) is 3.62. The first-order valence-corrected chi connectivity index (χ1v) is 10.4. The van der Waals surface area contributed by atoms with Gasteiger partial charge >= 0.3 is 0 Å². The maximum absolute atomic E-state index is 12.4. The van der Waals surface area contributed by atoms with Crippen molar-refractivity contribution in [2.45, 2.75) is 39.0 Å². The third kappa shape index (κ3) is 5.31. The Morgan fingerprint density at radius 2 is 1.50 bits per heavy atom. The zero-order chi connectivity index (χ0) is 20.8. The Morgan fingerprint density at radius 1 is 0.833 bits per heavy atom. The molecule has 3 aromatic rings. The molecule has 4 rings (SSSR count). The fraction of sp³-hybridized carbons (Fsp3) is 0.304. The van der Waals surface area contributed by atoms with E-state index in [0.29, 0.717) is 11.6 Å². The molecule has 3 N–H and O–H groups in total. The summed E-state index contributed by atoms with van der Waals surface area (Å²) < 4.78 is 0. The molecule has 0 bridgehead atoms. The number of amides is 1. The summed E-state index contributed by atoms with van der Waals surface area (Å²) in [5, 5.41) is 9.48. The van der Waals surface area contributed by atoms with Crippen LogP contribution in [0.25, 0.3) is 0 Å². The summed E-state index contributed by atoms with van der Waals surface area (Å²) in [7, 11) is 0. The second-order valence-corrected chi connectivity index (χ2v) is 7.66. The van der Waals surface area contributed by atoms with Gasteiger partial charge in [0.05, 0.1) is 0 Å². The molecular weight excluding hydrogens is 376 g/mol. The number of nitrogens with zero attached hydrogens (tertiary/aromatic N) is 3. The molecule has 0 radical (unpaired) electrons. The van der Waals surface area contributed by atoms with Gasteiger partial charge in [-0.1, -0.05) is 19.3 Å². The van der Waals surface area contributed by atoms with E-state index in [0.717, 1.165) is 48.4 Å². The number of aryl methyl sites for hydroxylation is 1. The van der Waals surface area contributed by atoms with E-state index >= 15 is 0 Å². The van der Waals surface area contributed by atoms with Crippen molar-refractivity contribution in [3.63, 3.8) is 0 Å². The molecule has 1 aliphatic rings. The SMILES string of the molecule is Cc1ccnc(Nc2cc(Nc3ccc(NC(=O)C4CCCCC4)cc3)ncn2)c1. The van der Waals surface area contributed by atoms with E-state index < -0.39 is 0 Å². The van der Waals surface area contributed by atoms with E-state index in [1.54, 1.807) is 6.20 Å². The standard InChI is InChI=1S/C23H26N6O/c1-16-11-12-24-20(13-16)29-22-14-21(25-15-26-22)27-18-7-9-19(10-8-18)28-23(30)17-5-3-2-4-6-17/h7-15,17H,2-6H2,1H3,(H,28,30)(H2,24,25,26,27,29). The lowest BCUT2D eigenvalue weighted by atomic mass is 9.88. The normalized spacial score (nSPS) is 14.2. The maximum Gasteiger partial charge on any atom is 0.227 e. The average Bonchev–Trinajstić information content (AvgIpc) is 2.76. The molecule has 0 unspecified atom stereocenters. The monoisotopic (exact) mass is 402 g/mol. The highest BCUT2D eigenvalue weighted by molar-refractivity contribution is 5.92. The number of carbonyl (C=O) groups excluding carboxylic acids is 1. The highest BCUT2D eigenvalue weighted by atomic mass is 16.1. The van der Waals surface area contributed by atoms with Crippen LogP contribution in [0.1, 0.15) is 37.7 Å². The van der Waals surface area contributed by atoms with Crippen LogP contribution in [-0.4, -0.2) is 20.9 Å². The molecule has 0 aliphatic heterocycles. The van der Waals surface area contributed by atoms with Crippen LogP contribution >= 0.6 is 0 Å². The predicted octanol–water partition coefficient (Wildman–Crippen LogP) is 5.19. The number of hydrogen-bond donors (Lipinski definition) is 3. The number of anilines is 5. The second-order valence-electron chi connectivity index (χ2n) is 7.66. The quantitative estimate of drug-likeness (QED) is 0.526. The Labute approximate surface area is 176 Å². The van der Waals surface area contributed by atoms with Gasteiger partial charge in [-0.15, -0.1) is 0 Å². The summed E-state index contributed by atoms with van der Waals surface area (Å²) in [5.74, 6) is 2.33. The molecule has 7 nitrogen and oxygen atoms in total. The van der Waals surface area contributed by atoms with Crippen molar-refractivity contribution in [2.75, 3.05) is 16.0 Å². The van der Waals surface area contributed by atoms with Crippen LogP contribution in [0.3, 0.4) is 0 Å². The van der Waals surface area contributed by atoms with Crippen molar-refractivity contribution < 1.29 is 4.79 Å². The van der Waals surface area contributed by atoms with Crippen LogP contribution in [-0.2, 0) is 4.79 Å². The molecule has 30 heavy (non-hydrogen) atoms. The molecule has 1 fully saturated rings. The van der Waals surface area contributed by atoms with Crippen molar-refractivity contribution >= 4 is 34.7 Å². The van der Waals surface area contributed by atoms with Crippen LogP contribution in [0, 0.1) is 12.8 Å². The smallest absolute Gasteiger partial charge is 0.227 e. The van der Waals surface area contributed by atoms with E-state index in [1.807, 2.05) is 49.4 Å². The summed E-state index contributed by atoms with van der Waals surface area (Å²) in [6.07, 6.45) is 8.78. The molecule has 1 amide bonds. The highest BCUT2D eigenvalue weighted by Crippen LogP contribution is 2.26. The van der Waals surface area contributed by atoms with Crippen molar-refractivity contribution in [2.24, 2.45) is 5.92 Å². The van der Waals surface area contributed by atoms with Gasteiger partial charge in [0, 0.05) is 29.6 Å². The zero-order valence-electron chi connectivity index (χ0n) is 17.1. The molecule has 2 heterocycles. The van der Waals surface area contributed by atoms with Crippen LogP contribution in [0.4, 0.5) is 28.8 Å². The molecular formula is C23H26N6O. The molecule has 2 aromatic heterocycles. The molecule has 154 valence electrons. The Kier molecular flexibility index (Phi) is 6.17. The minimum Gasteiger partial charge on any atom is -0.340 e. The van der Waals surface area contributed by atoms with Gasteiger partial charge in [0.1, 0.15) is 23.8 Å². The Morgan fingerprint density at radius 3 is 2.23 bits per heavy atom. The number of nitrogens with one attached hydrogen (secondary N) is 3. The van der Waals surface area contributed by atoms with Crippen molar-refractivity contribution in [3.05, 3.63) is 60.6 Å². The minimum absolute atomic E-state index is 0.131. The van der Waals surface area contributed by atoms with Crippen LogP contribution in [0.2, 0.25) is 0 Å². The van der Waals surface area contributed by atoms with Crippen LogP contribution in [0.15, 0.2) is 55.0 Å². The maximum atomic E-state index is 12.4. The Balaban J connectivity index is 1.36. The van der Waals surface area contributed by atoms with Gasteiger partial charge in [-0.25, -0.2) is 15.0 Å². The first kappa shape index (κ1) is 19.8. The van der Waals surface area contributed by atoms with Gasteiger partial charge < -0.3 is 16.0 Å². The number of benzene rings is 1. The van der Waals surface area contributed by atoms with Crippen molar-refractivity contribution in [3.8, 4) is 0 Å². The number of aromatic nitrogens is 3. The van der Waals surface area contributed by atoms with Gasteiger partial charge in [-0.05, 0) is 61.7 Å². The molecule has 7 heteroatoms. The number of pyridine rings is 1. The van der Waals surface area contributed by atoms with Gasteiger partial charge in [-0.2, -0.15) is 0 Å². The Bertz CT molecular complexity index is 999. The number of carbonyl (C=O) groups is 1. The molecule has 1 aromatic carbocycles. The number of hydrogen-bond acceptors (Lipinski definition) is 6. The van der Waals surface area contributed by atoms with Gasteiger partial charge in [0.15, 0.2) is 0 Å². The van der Waals surface area contributed by atoms with Gasteiger partial charge in [0.2, 0.25) is 5.91 Å². The highest BCUT2D eigenvalue weighted by Gasteiger charge is 2.20. The lowest BCUT2D eigenvalue weighted by molar-refractivity contribution is -0.120. The molecule has 0 saturated heterocycles. The summed E-state index contributed by atoms with van der Waals surface area (Å²) >= 11 is 0. The Hall–Kier alpha value is -3.48. The lowest BCUT2D eigenvalue weighted by Gasteiger charge is -2.20. The lowest BCUT2D eigenvalue weighted by Crippen LogP contribution is -2.24. The van der Waals surface area contributed by atoms with Crippen molar-refractivity contribution in [1.29, 1.82) is 0 Å². The predicted molar refractivity (Wildman–Crippen MR) is 119 cm³/mol. The van der Waals surface area contributed by atoms with Crippen LogP contribution in [0.5, 0.6) is 0 Å². The first-order chi connectivity index (χ1) is 14.7. The average molecular weight is 403 g/mol. The zero-order valence-corrected chi connectivity index (χ0v) is 17.1.